The van der Waals surface area contributed by atoms with E-state index in [1.165, 1.54) is 0 Å². The molecular weight excluding hydrogens is 400 g/mol. The first-order valence-corrected chi connectivity index (χ1v) is 11.1. The van der Waals surface area contributed by atoms with Crippen LogP contribution in [0.2, 0.25) is 0 Å². The molecule has 1 aliphatic heterocycles. The molecule has 1 aromatic rings. The number of fused-ring (bicyclic) bond motifs is 1. The Hall–Kier alpha value is -2.48. The zero-order valence-corrected chi connectivity index (χ0v) is 18.5. The lowest BCUT2D eigenvalue weighted by Gasteiger charge is -2.32. The largest absolute Gasteiger partial charge is 0.462 e. The molecule has 0 aromatic carbocycles. The molecule has 0 N–H and O–H groups in total. The molecule has 8 nitrogen and oxygen atoms in total. The SMILES string of the molecule is CCOC(=O)c1c(COCCN2CCOC2=O)nc2c(c1C1CC1)C(=O)CC(C)(C)C2. The zero-order valence-electron chi connectivity index (χ0n) is 18.5. The lowest BCUT2D eigenvalue weighted by Crippen LogP contribution is -2.31. The van der Waals surface area contributed by atoms with E-state index in [-0.39, 0.29) is 36.4 Å². The average Bonchev–Trinajstić information content (AvgIpc) is 3.45. The van der Waals surface area contributed by atoms with Crippen molar-refractivity contribution in [1.29, 1.82) is 0 Å². The minimum Gasteiger partial charge on any atom is -0.462 e. The van der Waals surface area contributed by atoms with Crippen molar-refractivity contribution in [2.24, 2.45) is 5.41 Å². The molecule has 1 amide bonds. The van der Waals surface area contributed by atoms with Crippen LogP contribution >= 0.6 is 0 Å². The summed E-state index contributed by atoms with van der Waals surface area (Å²) in [5.41, 5.74) is 2.96. The lowest BCUT2D eigenvalue weighted by molar-refractivity contribution is 0.0513. The molecule has 2 heterocycles. The fraction of sp³-hybridized carbons (Fsp3) is 0.652. The van der Waals surface area contributed by atoms with Crippen LogP contribution in [0.1, 0.15) is 83.6 Å². The van der Waals surface area contributed by atoms with Crippen LogP contribution in [0.5, 0.6) is 0 Å². The van der Waals surface area contributed by atoms with Crippen LogP contribution in [-0.2, 0) is 27.2 Å². The van der Waals surface area contributed by atoms with Crippen LogP contribution in [0.3, 0.4) is 0 Å². The predicted molar refractivity (Wildman–Crippen MR) is 111 cm³/mol. The van der Waals surface area contributed by atoms with Crippen LogP contribution in [0.15, 0.2) is 0 Å². The third-order valence-electron chi connectivity index (χ3n) is 6.00. The molecule has 0 bridgehead atoms. The first kappa shape index (κ1) is 21.7. The van der Waals surface area contributed by atoms with Gasteiger partial charge in [-0.25, -0.2) is 9.59 Å². The van der Waals surface area contributed by atoms with E-state index in [1.807, 2.05) is 0 Å². The first-order chi connectivity index (χ1) is 14.8. The van der Waals surface area contributed by atoms with Gasteiger partial charge in [0.05, 0.1) is 43.3 Å². The van der Waals surface area contributed by atoms with Gasteiger partial charge in [0.15, 0.2) is 5.78 Å². The molecule has 0 spiro atoms. The second kappa shape index (κ2) is 8.57. The number of hydrogen-bond donors (Lipinski definition) is 0. The minimum atomic E-state index is -0.445. The number of ether oxygens (including phenoxy) is 3. The summed E-state index contributed by atoms with van der Waals surface area (Å²) >= 11 is 0. The van der Waals surface area contributed by atoms with Gasteiger partial charge in [0, 0.05) is 18.5 Å². The molecule has 4 rings (SSSR count). The average molecular weight is 431 g/mol. The molecule has 2 fully saturated rings. The van der Waals surface area contributed by atoms with E-state index in [4.69, 9.17) is 19.2 Å². The van der Waals surface area contributed by atoms with Gasteiger partial charge in [-0.15, -0.1) is 0 Å². The molecule has 31 heavy (non-hydrogen) atoms. The number of cyclic esters (lactones) is 1. The predicted octanol–water partition coefficient (Wildman–Crippen LogP) is 3.26. The van der Waals surface area contributed by atoms with E-state index in [9.17, 15) is 14.4 Å². The van der Waals surface area contributed by atoms with Gasteiger partial charge >= 0.3 is 12.1 Å². The van der Waals surface area contributed by atoms with Crippen molar-refractivity contribution in [1.82, 2.24) is 9.88 Å². The van der Waals surface area contributed by atoms with Gasteiger partial charge in [0.1, 0.15) is 6.61 Å². The number of pyridine rings is 1. The van der Waals surface area contributed by atoms with Gasteiger partial charge in [-0.3, -0.25) is 9.78 Å². The quantitative estimate of drug-likeness (QED) is 0.461. The monoisotopic (exact) mass is 430 g/mol. The van der Waals surface area contributed by atoms with E-state index in [0.717, 1.165) is 24.1 Å². The Bertz CT molecular complexity index is 906. The van der Waals surface area contributed by atoms with Gasteiger partial charge in [-0.2, -0.15) is 0 Å². The van der Waals surface area contributed by atoms with Crippen molar-refractivity contribution in [3.63, 3.8) is 0 Å². The summed E-state index contributed by atoms with van der Waals surface area (Å²) < 4.78 is 16.1. The second-order valence-electron chi connectivity index (χ2n) is 9.26. The Kier molecular flexibility index (Phi) is 6.01. The fourth-order valence-corrected chi connectivity index (χ4v) is 4.48. The molecule has 0 radical (unpaired) electrons. The van der Waals surface area contributed by atoms with Gasteiger partial charge in [-0.1, -0.05) is 13.8 Å². The summed E-state index contributed by atoms with van der Waals surface area (Å²) in [5, 5.41) is 0. The summed E-state index contributed by atoms with van der Waals surface area (Å²) in [6, 6.07) is 0. The van der Waals surface area contributed by atoms with Gasteiger partial charge in [-0.05, 0) is 43.1 Å². The Morgan fingerprint density at radius 2 is 2.03 bits per heavy atom. The highest BCUT2D eigenvalue weighted by atomic mass is 16.6. The van der Waals surface area contributed by atoms with Crippen molar-refractivity contribution in [2.45, 2.75) is 59.0 Å². The minimum absolute atomic E-state index is 0.0613. The lowest BCUT2D eigenvalue weighted by atomic mass is 9.73. The summed E-state index contributed by atoms with van der Waals surface area (Å²) in [6.07, 6.45) is 2.71. The summed E-state index contributed by atoms with van der Waals surface area (Å²) in [5.74, 6) is -0.190. The van der Waals surface area contributed by atoms with Crippen LogP contribution in [-0.4, -0.2) is 60.6 Å². The normalized spacial score (nSPS) is 19.9. The molecule has 1 saturated heterocycles. The number of esters is 1. The van der Waals surface area contributed by atoms with E-state index in [1.54, 1.807) is 11.8 Å². The highest BCUT2D eigenvalue weighted by Gasteiger charge is 2.41. The van der Waals surface area contributed by atoms with Crippen molar-refractivity contribution in [3.8, 4) is 0 Å². The van der Waals surface area contributed by atoms with E-state index >= 15 is 0 Å². The highest BCUT2D eigenvalue weighted by Crippen LogP contribution is 2.47. The third-order valence-corrected chi connectivity index (χ3v) is 6.00. The maximum Gasteiger partial charge on any atom is 0.410 e. The highest BCUT2D eigenvalue weighted by molar-refractivity contribution is 6.04. The maximum absolute atomic E-state index is 13.1. The topological polar surface area (TPSA) is 95.0 Å². The Labute approximate surface area is 182 Å². The number of carbonyl (C=O) groups excluding carboxylic acids is 3. The van der Waals surface area contributed by atoms with Crippen LogP contribution < -0.4 is 0 Å². The number of nitrogens with zero attached hydrogens (tertiary/aromatic N) is 2. The number of hydrogen-bond acceptors (Lipinski definition) is 7. The maximum atomic E-state index is 13.1. The molecule has 0 unspecified atom stereocenters. The number of aromatic nitrogens is 1. The molecule has 1 saturated carbocycles. The van der Waals surface area contributed by atoms with Gasteiger partial charge in [0.2, 0.25) is 0 Å². The molecule has 0 atom stereocenters. The van der Waals surface area contributed by atoms with E-state index in [0.29, 0.717) is 56.0 Å². The van der Waals surface area contributed by atoms with Crippen molar-refractivity contribution >= 4 is 17.8 Å². The fourth-order valence-electron chi connectivity index (χ4n) is 4.48. The van der Waals surface area contributed by atoms with Crippen molar-refractivity contribution < 1.29 is 28.6 Å². The Morgan fingerprint density at radius 3 is 2.68 bits per heavy atom. The standard InChI is InChI=1S/C23H30N2O6/c1-4-30-21(27)20-16(13-29-9-7-25-8-10-31-22(25)28)24-15-11-23(2,3)12-17(26)19(15)18(20)14-5-6-14/h14H,4-13H2,1-3H3. The van der Waals surface area contributed by atoms with Crippen LogP contribution in [0.25, 0.3) is 0 Å². The second-order valence-corrected chi connectivity index (χ2v) is 9.26. The van der Waals surface area contributed by atoms with E-state index < -0.39 is 5.97 Å². The van der Waals surface area contributed by atoms with Gasteiger partial charge in [0.25, 0.3) is 0 Å². The number of Topliss-reactive ketones (excluding diaryl/α,β-unsaturated/α-hetero) is 1. The zero-order chi connectivity index (χ0) is 22.2. The van der Waals surface area contributed by atoms with E-state index in [2.05, 4.69) is 13.8 Å². The first-order valence-electron chi connectivity index (χ1n) is 11.1. The van der Waals surface area contributed by atoms with Crippen LogP contribution in [0, 0.1) is 5.41 Å². The Balaban J connectivity index is 1.64. The number of amides is 1. The Morgan fingerprint density at radius 1 is 1.26 bits per heavy atom. The molecular formula is C23H30N2O6. The van der Waals surface area contributed by atoms with Crippen molar-refractivity contribution in [3.05, 3.63) is 28.1 Å². The van der Waals surface area contributed by atoms with Gasteiger partial charge < -0.3 is 19.1 Å². The molecule has 8 heteroatoms. The van der Waals surface area contributed by atoms with Crippen LogP contribution in [0.4, 0.5) is 4.79 Å². The third kappa shape index (κ3) is 4.59. The summed E-state index contributed by atoms with van der Waals surface area (Å²) in [7, 11) is 0. The molecule has 168 valence electrons. The van der Waals surface area contributed by atoms with Crippen molar-refractivity contribution in [2.75, 3.05) is 32.9 Å². The smallest absolute Gasteiger partial charge is 0.410 e. The summed E-state index contributed by atoms with van der Waals surface area (Å²) in [6.45, 7) is 7.94. The number of carbonyl (C=O) groups is 3. The summed E-state index contributed by atoms with van der Waals surface area (Å²) in [4.78, 5) is 43.9. The molecule has 2 aliphatic carbocycles. The molecule has 1 aromatic heterocycles. The molecule has 3 aliphatic rings. The number of rotatable bonds is 8. The number of ketones is 1.